The van der Waals surface area contributed by atoms with Crippen molar-refractivity contribution in [3.05, 3.63) is 71.3 Å². The third-order valence-corrected chi connectivity index (χ3v) is 7.65. The van der Waals surface area contributed by atoms with E-state index in [9.17, 15) is 19.2 Å². The van der Waals surface area contributed by atoms with Crippen LogP contribution in [0.25, 0.3) is 0 Å². The smallest absolute Gasteiger partial charge is 0.255 e. The molecule has 3 aliphatic rings. The second-order valence-corrected chi connectivity index (χ2v) is 10.3. The Labute approximate surface area is 211 Å². The average Bonchev–Trinajstić information content (AvgIpc) is 3.13. The maximum absolute atomic E-state index is 12.9. The minimum absolute atomic E-state index is 0.0201. The Balaban J connectivity index is 1.25. The molecule has 0 aromatic heterocycles. The highest BCUT2D eigenvalue weighted by Gasteiger charge is 2.48. The zero-order valence-corrected chi connectivity index (χ0v) is 20.7. The number of rotatable bonds is 4. The van der Waals surface area contributed by atoms with Crippen LogP contribution in [0.1, 0.15) is 60.2 Å². The molecule has 186 valence electrons. The van der Waals surface area contributed by atoms with Crippen molar-refractivity contribution in [3.63, 3.8) is 0 Å². The number of carbonyl (C=O) groups is 4. The normalized spacial score (nSPS) is 22.3. The summed E-state index contributed by atoms with van der Waals surface area (Å²) < 4.78 is 0. The Hall–Kier alpha value is -3.74. The van der Waals surface area contributed by atoms with Crippen LogP contribution in [0.3, 0.4) is 0 Å². The highest BCUT2D eigenvalue weighted by molar-refractivity contribution is 6.22. The van der Waals surface area contributed by atoms with E-state index in [-0.39, 0.29) is 35.5 Å². The van der Waals surface area contributed by atoms with Crippen LogP contribution in [0.5, 0.6) is 0 Å². The van der Waals surface area contributed by atoms with Gasteiger partial charge in [0.1, 0.15) is 0 Å². The Morgan fingerprint density at radius 3 is 2.33 bits per heavy atom. The van der Waals surface area contributed by atoms with Crippen LogP contribution in [0, 0.1) is 17.8 Å². The summed E-state index contributed by atoms with van der Waals surface area (Å²) in [5.74, 6) is -0.645. The first-order valence-electron chi connectivity index (χ1n) is 12.7. The lowest BCUT2D eigenvalue weighted by atomic mass is 9.82. The van der Waals surface area contributed by atoms with Crippen molar-refractivity contribution in [2.75, 3.05) is 23.3 Å². The number of nitrogens with one attached hydrogen (secondary N) is 1. The maximum Gasteiger partial charge on any atom is 0.255 e. The van der Waals surface area contributed by atoms with Crippen molar-refractivity contribution in [1.29, 1.82) is 0 Å². The Morgan fingerprint density at radius 1 is 0.917 bits per heavy atom. The van der Waals surface area contributed by atoms with E-state index in [1.807, 2.05) is 17.9 Å². The fourth-order valence-corrected chi connectivity index (χ4v) is 5.38. The lowest BCUT2D eigenvalue weighted by Gasteiger charge is -2.30. The molecule has 1 aliphatic carbocycles. The Bertz CT molecular complexity index is 1240. The summed E-state index contributed by atoms with van der Waals surface area (Å²) in [6, 6.07) is 13.5. The largest absolute Gasteiger partial charge is 0.339 e. The first-order chi connectivity index (χ1) is 17.3. The minimum Gasteiger partial charge on any atom is -0.339 e. The molecule has 7 heteroatoms. The van der Waals surface area contributed by atoms with Crippen molar-refractivity contribution in [2.24, 2.45) is 17.8 Å². The third kappa shape index (κ3) is 4.57. The molecule has 0 spiro atoms. The van der Waals surface area contributed by atoms with E-state index in [2.05, 4.69) is 12.2 Å². The highest BCUT2D eigenvalue weighted by atomic mass is 16.2. The van der Waals surface area contributed by atoms with Gasteiger partial charge in [-0.1, -0.05) is 24.6 Å². The van der Waals surface area contributed by atoms with Gasteiger partial charge in [-0.2, -0.15) is 0 Å². The zero-order valence-electron chi connectivity index (χ0n) is 20.7. The number of carbonyl (C=O) groups excluding carboxylic acids is 4. The van der Waals surface area contributed by atoms with Gasteiger partial charge in [0.15, 0.2) is 0 Å². The predicted octanol–water partition coefficient (Wildman–Crippen LogP) is 4.66. The number of nitrogens with zero attached hydrogens (tertiary/aromatic N) is 2. The Kier molecular flexibility index (Phi) is 6.48. The average molecular weight is 486 g/mol. The molecular weight excluding hydrogens is 454 g/mol. The fourth-order valence-electron chi connectivity index (χ4n) is 5.38. The number of likely N-dealkylation sites (tertiary alicyclic amines) is 1. The topological polar surface area (TPSA) is 86.8 Å². The van der Waals surface area contributed by atoms with Gasteiger partial charge in [0.25, 0.3) is 11.8 Å². The summed E-state index contributed by atoms with van der Waals surface area (Å²) >= 11 is 0. The van der Waals surface area contributed by atoms with Crippen LogP contribution in [0.2, 0.25) is 0 Å². The van der Waals surface area contributed by atoms with Crippen LogP contribution in [-0.2, 0) is 9.59 Å². The van der Waals surface area contributed by atoms with E-state index in [1.54, 1.807) is 48.5 Å². The molecular formula is C29H31N3O4. The summed E-state index contributed by atoms with van der Waals surface area (Å²) in [7, 11) is 0. The SMILES string of the molecule is CC1=CC[C@@H]2C(=O)N(c3ccc(C(=O)Nc4cccc(C(=O)N5CCC(C)CC5)c4)cc3)C(=O)[C@H]2C1. The maximum atomic E-state index is 12.9. The third-order valence-electron chi connectivity index (χ3n) is 7.65. The van der Waals surface area contributed by atoms with Crippen LogP contribution in [0.15, 0.2) is 60.2 Å². The number of allylic oxidation sites excluding steroid dienone is 2. The van der Waals surface area contributed by atoms with E-state index < -0.39 is 0 Å². The van der Waals surface area contributed by atoms with Crippen molar-refractivity contribution in [1.82, 2.24) is 4.90 Å². The van der Waals surface area contributed by atoms with E-state index >= 15 is 0 Å². The molecule has 2 saturated heterocycles. The summed E-state index contributed by atoms with van der Waals surface area (Å²) in [6.45, 7) is 5.70. The standard InChI is InChI=1S/C29H31N3O4/c1-18-12-14-31(15-13-18)27(34)21-4-3-5-22(17-21)30-26(33)20-7-9-23(10-8-20)32-28(35)24-11-6-19(2)16-25(24)29(32)36/h3-10,17-18,24-25H,11-16H2,1-2H3,(H,30,33)/t24-,25-/m0/s1. The molecule has 0 bridgehead atoms. The van der Waals surface area contributed by atoms with Gasteiger partial charge < -0.3 is 10.2 Å². The summed E-state index contributed by atoms with van der Waals surface area (Å²) in [5, 5.41) is 2.85. The molecule has 4 amide bonds. The summed E-state index contributed by atoms with van der Waals surface area (Å²) in [6.07, 6.45) is 5.26. The van der Waals surface area contributed by atoms with Crippen molar-refractivity contribution in [3.8, 4) is 0 Å². The van der Waals surface area contributed by atoms with Gasteiger partial charge in [-0.05, 0) is 81.0 Å². The summed E-state index contributed by atoms with van der Waals surface area (Å²) in [4.78, 5) is 54.7. The molecule has 0 unspecified atom stereocenters. The van der Waals surface area contributed by atoms with Gasteiger partial charge in [0, 0.05) is 29.9 Å². The fraction of sp³-hybridized carbons (Fsp3) is 0.379. The molecule has 2 aliphatic heterocycles. The van der Waals surface area contributed by atoms with Gasteiger partial charge in [0.05, 0.1) is 17.5 Å². The number of benzene rings is 2. The van der Waals surface area contributed by atoms with E-state index in [1.165, 1.54) is 4.90 Å². The molecule has 7 nitrogen and oxygen atoms in total. The van der Waals surface area contributed by atoms with Gasteiger partial charge >= 0.3 is 0 Å². The zero-order chi connectivity index (χ0) is 25.4. The van der Waals surface area contributed by atoms with E-state index in [0.717, 1.165) is 31.5 Å². The molecule has 5 rings (SSSR count). The van der Waals surface area contributed by atoms with Crippen LogP contribution in [0.4, 0.5) is 11.4 Å². The number of anilines is 2. The number of fused-ring (bicyclic) bond motifs is 1. The van der Waals surface area contributed by atoms with E-state index in [0.29, 0.717) is 41.3 Å². The lowest BCUT2D eigenvalue weighted by Crippen LogP contribution is -2.37. The lowest BCUT2D eigenvalue weighted by molar-refractivity contribution is -0.122. The first-order valence-corrected chi connectivity index (χ1v) is 12.7. The van der Waals surface area contributed by atoms with Crippen LogP contribution < -0.4 is 10.2 Å². The summed E-state index contributed by atoms with van der Waals surface area (Å²) in [5.41, 5.74) is 3.11. The van der Waals surface area contributed by atoms with Crippen molar-refractivity contribution >= 4 is 35.0 Å². The van der Waals surface area contributed by atoms with Gasteiger partial charge in [0.2, 0.25) is 11.8 Å². The van der Waals surface area contributed by atoms with Gasteiger partial charge in [-0.15, -0.1) is 0 Å². The molecule has 2 aromatic rings. The number of imide groups is 1. The van der Waals surface area contributed by atoms with E-state index in [4.69, 9.17) is 0 Å². The molecule has 2 atom stereocenters. The number of piperidine rings is 1. The van der Waals surface area contributed by atoms with Crippen molar-refractivity contribution in [2.45, 2.75) is 39.5 Å². The predicted molar refractivity (Wildman–Crippen MR) is 138 cm³/mol. The minimum atomic E-state index is -0.328. The molecule has 1 N–H and O–H groups in total. The van der Waals surface area contributed by atoms with Crippen molar-refractivity contribution < 1.29 is 19.2 Å². The second-order valence-electron chi connectivity index (χ2n) is 10.3. The van der Waals surface area contributed by atoms with Crippen LogP contribution in [-0.4, -0.2) is 41.6 Å². The van der Waals surface area contributed by atoms with Gasteiger partial charge in [-0.3, -0.25) is 24.1 Å². The monoisotopic (exact) mass is 485 g/mol. The number of hydrogen-bond acceptors (Lipinski definition) is 4. The van der Waals surface area contributed by atoms with Crippen LogP contribution >= 0.6 is 0 Å². The molecule has 0 radical (unpaired) electrons. The quantitative estimate of drug-likeness (QED) is 0.504. The second kappa shape index (κ2) is 9.72. The first kappa shape index (κ1) is 24.0. The number of hydrogen-bond donors (Lipinski definition) is 1. The van der Waals surface area contributed by atoms with Gasteiger partial charge in [-0.25, -0.2) is 0 Å². The highest BCUT2D eigenvalue weighted by Crippen LogP contribution is 2.39. The molecule has 0 saturated carbocycles. The number of amides is 4. The molecule has 36 heavy (non-hydrogen) atoms. The molecule has 2 fully saturated rings. The molecule has 2 heterocycles. The Morgan fingerprint density at radius 2 is 1.61 bits per heavy atom. The molecule has 2 aromatic carbocycles.